The van der Waals surface area contributed by atoms with Gasteiger partial charge in [-0.25, -0.2) is 13.1 Å². The van der Waals surface area contributed by atoms with Gasteiger partial charge in [-0.15, -0.1) is 11.3 Å². The van der Waals surface area contributed by atoms with Crippen LogP contribution >= 0.6 is 11.3 Å². The van der Waals surface area contributed by atoms with Crippen molar-refractivity contribution in [3.8, 4) is 0 Å². The predicted molar refractivity (Wildman–Crippen MR) is 99.7 cm³/mol. The first-order valence-corrected chi connectivity index (χ1v) is 10.0. The molecular formula is C16H21N3O4S2. The number of nitro benzene ring substituents is 1. The molecule has 25 heavy (non-hydrogen) atoms. The Morgan fingerprint density at radius 1 is 1.32 bits per heavy atom. The highest BCUT2D eigenvalue weighted by Crippen LogP contribution is 2.32. The van der Waals surface area contributed by atoms with Crippen LogP contribution in [0.3, 0.4) is 0 Å². The Kier molecular flexibility index (Phi) is 5.81. The van der Waals surface area contributed by atoms with E-state index in [1.165, 1.54) is 12.1 Å². The van der Waals surface area contributed by atoms with E-state index in [0.29, 0.717) is 12.2 Å². The van der Waals surface area contributed by atoms with Gasteiger partial charge in [0, 0.05) is 24.0 Å². The monoisotopic (exact) mass is 383 g/mol. The van der Waals surface area contributed by atoms with Crippen LogP contribution in [0.15, 0.2) is 34.5 Å². The van der Waals surface area contributed by atoms with E-state index in [0.717, 1.165) is 16.5 Å². The highest BCUT2D eigenvalue weighted by molar-refractivity contribution is 7.89. The SMILES string of the molecule is Cc1ccsc1CN(C)c1ccc(S(=O)(=O)NC(C)C)cc1[N+](=O)[O-]. The van der Waals surface area contributed by atoms with Gasteiger partial charge in [-0.2, -0.15) is 0 Å². The summed E-state index contributed by atoms with van der Waals surface area (Å²) in [7, 11) is -2.03. The quantitative estimate of drug-likeness (QED) is 0.585. The maximum absolute atomic E-state index is 12.3. The summed E-state index contributed by atoms with van der Waals surface area (Å²) in [4.78, 5) is 13.7. The smallest absolute Gasteiger partial charge is 0.293 e. The maximum Gasteiger partial charge on any atom is 0.293 e. The minimum Gasteiger partial charge on any atom is -0.364 e. The first-order valence-electron chi connectivity index (χ1n) is 7.66. The molecule has 1 heterocycles. The number of hydrogen-bond acceptors (Lipinski definition) is 6. The van der Waals surface area contributed by atoms with Gasteiger partial charge in [0.2, 0.25) is 10.0 Å². The van der Waals surface area contributed by atoms with Crippen LogP contribution in [0.5, 0.6) is 0 Å². The molecule has 0 saturated carbocycles. The largest absolute Gasteiger partial charge is 0.364 e. The third-order valence-corrected chi connectivity index (χ3v) is 6.27. The molecule has 0 bridgehead atoms. The normalized spacial score (nSPS) is 11.7. The molecule has 2 rings (SSSR count). The number of thiophene rings is 1. The summed E-state index contributed by atoms with van der Waals surface area (Å²) in [5.74, 6) is 0. The third kappa shape index (κ3) is 4.56. The number of rotatable bonds is 7. The summed E-state index contributed by atoms with van der Waals surface area (Å²) in [6.07, 6.45) is 0. The fourth-order valence-electron chi connectivity index (χ4n) is 2.38. The van der Waals surface area contributed by atoms with Gasteiger partial charge < -0.3 is 4.90 Å². The van der Waals surface area contributed by atoms with Gasteiger partial charge in [0.25, 0.3) is 5.69 Å². The standard InChI is InChI=1S/C16H21N3O4S2/c1-11(2)17-25(22,23)13-5-6-14(15(9-13)19(20)21)18(4)10-16-12(3)7-8-24-16/h5-9,11,17H,10H2,1-4H3. The van der Waals surface area contributed by atoms with Gasteiger partial charge in [0.1, 0.15) is 5.69 Å². The molecule has 0 radical (unpaired) electrons. The molecule has 0 aliphatic rings. The number of nitro groups is 1. The molecule has 7 nitrogen and oxygen atoms in total. The van der Waals surface area contributed by atoms with Crippen molar-refractivity contribution in [3.63, 3.8) is 0 Å². The van der Waals surface area contributed by atoms with Gasteiger partial charge in [0.05, 0.1) is 16.4 Å². The lowest BCUT2D eigenvalue weighted by Gasteiger charge is -2.19. The minimum atomic E-state index is -3.79. The van der Waals surface area contributed by atoms with Gasteiger partial charge >= 0.3 is 0 Å². The second-order valence-electron chi connectivity index (χ2n) is 6.07. The summed E-state index contributed by atoms with van der Waals surface area (Å²) in [5, 5.41) is 13.4. The van der Waals surface area contributed by atoms with Crippen LogP contribution in [0.2, 0.25) is 0 Å². The second kappa shape index (κ2) is 7.51. The van der Waals surface area contributed by atoms with Crippen molar-refractivity contribution in [2.24, 2.45) is 0 Å². The van der Waals surface area contributed by atoms with Crippen molar-refractivity contribution in [2.45, 2.75) is 38.3 Å². The van der Waals surface area contributed by atoms with Crippen LogP contribution < -0.4 is 9.62 Å². The van der Waals surface area contributed by atoms with Crippen LogP contribution in [0.4, 0.5) is 11.4 Å². The topological polar surface area (TPSA) is 92.6 Å². The van der Waals surface area contributed by atoms with E-state index in [2.05, 4.69) is 4.72 Å². The Morgan fingerprint density at radius 2 is 2.00 bits per heavy atom. The Balaban J connectivity index is 2.39. The van der Waals surface area contributed by atoms with E-state index in [-0.39, 0.29) is 16.6 Å². The van der Waals surface area contributed by atoms with Crippen LogP contribution in [-0.2, 0) is 16.6 Å². The molecule has 0 aliphatic carbocycles. The zero-order valence-electron chi connectivity index (χ0n) is 14.5. The summed E-state index contributed by atoms with van der Waals surface area (Å²) < 4.78 is 26.9. The molecule has 0 atom stereocenters. The molecule has 0 unspecified atom stereocenters. The Labute approximate surface area is 151 Å². The average molecular weight is 383 g/mol. The van der Waals surface area contributed by atoms with E-state index in [4.69, 9.17) is 0 Å². The molecule has 1 aromatic heterocycles. The van der Waals surface area contributed by atoms with Crippen LogP contribution in [0.25, 0.3) is 0 Å². The van der Waals surface area contributed by atoms with Crippen LogP contribution in [0.1, 0.15) is 24.3 Å². The number of anilines is 1. The van der Waals surface area contributed by atoms with E-state index in [1.54, 1.807) is 37.1 Å². The van der Waals surface area contributed by atoms with Gasteiger partial charge in [-0.3, -0.25) is 10.1 Å². The minimum absolute atomic E-state index is 0.114. The lowest BCUT2D eigenvalue weighted by Crippen LogP contribution is -2.30. The van der Waals surface area contributed by atoms with Gasteiger partial charge in [-0.05, 0) is 49.9 Å². The predicted octanol–water partition coefficient (Wildman–Crippen LogP) is 3.29. The molecular weight excluding hydrogens is 362 g/mol. The Bertz CT molecular complexity index is 875. The van der Waals surface area contributed by atoms with Crippen molar-refractivity contribution in [1.82, 2.24) is 4.72 Å². The first-order chi connectivity index (χ1) is 11.6. The number of aryl methyl sites for hydroxylation is 1. The molecule has 9 heteroatoms. The molecule has 0 aliphatic heterocycles. The zero-order chi connectivity index (χ0) is 18.8. The molecule has 0 fully saturated rings. The van der Waals surface area contributed by atoms with Crippen molar-refractivity contribution in [1.29, 1.82) is 0 Å². The molecule has 1 N–H and O–H groups in total. The maximum atomic E-state index is 12.3. The summed E-state index contributed by atoms with van der Waals surface area (Å²) in [6.45, 7) is 5.89. The summed E-state index contributed by atoms with van der Waals surface area (Å²) in [6, 6.07) is 5.68. The van der Waals surface area contributed by atoms with E-state index >= 15 is 0 Å². The highest BCUT2D eigenvalue weighted by atomic mass is 32.2. The number of benzene rings is 1. The molecule has 136 valence electrons. The van der Waals surface area contributed by atoms with E-state index in [9.17, 15) is 18.5 Å². The average Bonchev–Trinajstić information content (AvgIpc) is 2.90. The number of sulfonamides is 1. The third-order valence-electron chi connectivity index (χ3n) is 3.60. The highest BCUT2D eigenvalue weighted by Gasteiger charge is 2.24. The van der Waals surface area contributed by atoms with Crippen molar-refractivity contribution < 1.29 is 13.3 Å². The van der Waals surface area contributed by atoms with Crippen molar-refractivity contribution in [2.75, 3.05) is 11.9 Å². The van der Waals surface area contributed by atoms with Gasteiger partial charge in [-0.1, -0.05) is 0 Å². The number of hydrogen-bond donors (Lipinski definition) is 1. The molecule has 0 spiro atoms. The molecule has 1 aromatic carbocycles. The Morgan fingerprint density at radius 3 is 2.52 bits per heavy atom. The van der Waals surface area contributed by atoms with Crippen molar-refractivity contribution >= 4 is 32.7 Å². The fourth-order valence-corrected chi connectivity index (χ4v) is 4.61. The van der Waals surface area contributed by atoms with Crippen molar-refractivity contribution in [3.05, 3.63) is 50.2 Å². The lowest BCUT2D eigenvalue weighted by molar-refractivity contribution is -0.384. The van der Waals surface area contributed by atoms with Gasteiger partial charge in [0.15, 0.2) is 0 Å². The summed E-state index contributed by atoms with van der Waals surface area (Å²) in [5.41, 5.74) is 1.27. The van der Waals surface area contributed by atoms with Crippen LogP contribution in [-0.4, -0.2) is 26.4 Å². The zero-order valence-corrected chi connectivity index (χ0v) is 16.1. The molecule has 0 saturated heterocycles. The van der Waals surface area contributed by atoms with E-state index in [1.807, 2.05) is 18.4 Å². The Hall–Kier alpha value is -1.97. The fraction of sp³-hybridized carbons (Fsp3) is 0.375. The number of nitrogens with one attached hydrogen (secondary N) is 1. The number of nitrogens with zero attached hydrogens (tertiary/aromatic N) is 2. The first kappa shape index (κ1) is 19.4. The summed E-state index contributed by atoms with van der Waals surface area (Å²) >= 11 is 1.58. The molecule has 0 amide bonds. The van der Waals surface area contributed by atoms with E-state index < -0.39 is 14.9 Å². The van der Waals surface area contributed by atoms with Crippen LogP contribution in [0, 0.1) is 17.0 Å². The lowest BCUT2D eigenvalue weighted by atomic mass is 10.2. The second-order valence-corrected chi connectivity index (χ2v) is 8.78. The molecule has 2 aromatic rings.